The van der Waals surface area contributed by atoms with Crippen molar-refractivity contribution >= 4 is 35.0 Å². The van der Waals surface area contributed by atoms with Crippen LogP contribution in [0.5, 0.6) is 0 Å². The van der Waals surface area contributed by atoms with Crippen molar-refractivity contribution in [3.8, 4) is 0 Å². The fraction of sp³-hybridized carbons (Fsp3) is 0.263. The number of hydrogen-bond donors (Lipinski definition) is 0. The van der Waals surface area contributed by atoms with Crippen LogP contribution in [0.2, 0.25) is 0 Å². The number of amides is 2. The molecule has 2 aromatic rings. The zero-order chi connectivity index (χ0) is 18.3. The molecule has 4 rings (SSSR count). The third kappa shape index (κ3) is 2.96. The van der Waals surface area contributed by atoms with Crippen LogP contribution in [-0.2, 0) is 16.0 Å². The molecule has 26 heavy (non-hydrogen) atoms. The van der Waals surface area contributed by atoms with E-state index < -0.39 is 11.6 Å². The molecule has 0 unspecified atom stereocenters. The summed E-state index contributed by atoms with van der Waals surface area (Å²) in [5.41, 5.74) is 1.72. The predicted octanol–water partition coefficient (Wildman–Crippen LogP) is 3.38. The lowest BCUT2D eigenvalue weighted by Crippen LogP contribution is -2.46. The standard InChI is InChI=1S/C19H16F2N2O2S/c20-13-8-12-4-3-7-22(16(12)9-14(13)21)18(24)10-23-15-5-1-2-6-17(15)26-11-19(23)25/h1-2,5-6,8-9H,3-4,7,10-11H2. The van der Waals surface area contributed by atoms with Crippen LogP contribution in [0.25, 0.3) is 0 Å². The molecule has 0 atom stereocenters. The van der Waals surface area contributed by atoms with Gasteiger partial charge in [-0.1, -0.05) is 12.1 Å². The van der Waals surface area contributed by atoms with E-state index >= 15 is 0 Å². The van der Waals surface area contributed by atoms with Crippen LogP contribution in [0.3, 0.4) is 0 Å². The summed E-state index contributed by atoms with van der Waals surface area (Å²) in [6, 6.07) is 9.67. The summed E-state index contributed by atoms with van der Waals surface area (Å²) < 4.78 is 27.2. The first kappa shape index (κ1) is 17.0. The van der Waals surface area contributed by atoms with E-state index in [0.717, 1.165) is 17.0 Å². The minimum absolute atomic E-state index is 0.116. The molecular weight excluding hydrogens is 358 g/mol. The first-order valence-corrected chi connectivity index (χ1v) is 9.33. The van der Waals surface area contributed by atoms with Gasteiger partial charge in [-0.25, -0.2) is 8.78 Å². The fourth-order valence-corrected chi connectivity index (χ4v) is 4.32. The largest absolute Gasteiger partial charge is 0.310 e. The predicted molar refractivity (Wildman–Crippen MR) is 96.6 cm³/mol. The molecule has 0 bridgehead atoms. The summed E-state index contributed by atoms with van der Waals surface area (Å²) in [6.07, 6.45) is 1.27. The molecule has 7 heteroatoms. The van der Waals surface area contributed by atoms with E-state index in [-0.39, 0.29) is 24.1 Å². The van der Waals surface area contributed by atoms with Crippen LogP contribution < -0.4 is 9.80 Å². The van der Waals surface area contributed by atoms with Crippen LogP contribution in [0.4, 0.5) is 20.2 Å². The lowest BCUT2D eigenvalue weighted by atomic mass is 10.0. The maximum atomic E-state index is 13.7. The zero-order valence-corrected chi connectivity index (χ0v) is 14.7. The molecule has 0 saturated heterocycles. The first-order valence-electron chi connectivity index (χ1n) is 8.35. The second-order valence-corrected chi connectivity index (χ2v) is 7.30. The molecule has 0 radical (unpaired) electrons. The zero-order valence-electron chi connectivity index (χ0n) is 13.9. The number of fused-ring (bicyclic) bond motifs is 2. The van der Waals surface area contributed by atoms with Crippen molar-refractivity contribution in [3.63, 3.8) is 0 Å². The van der Waals surface area contributed by atoms with Crippen LogP contribution >= 0.6 is 11.8 Å². The molecule has 2 aromatic carbocycles. The third-order valence-electron chi connectivity index (χ3n) is 4.64. The summed E-state index contributed by atoms with van der Waals surface area (Å²) in [6.45, 7) is 0.310. The van der Waals surface area contributed by atoms with Gasteiger partial charge in [-0.15, -0.1) is 11.8 Å². The van der Waals surface area contributed by atoms with Crippen LogP contribution in [0.15, 0.2) is 41.3 Å². The highest BCUT2D eigenvalue weighted by molar-refractivity contribution is 8.00. The second-order valence-electron chi connectivity index (χ2n) is 6.28. The van der Waals surface area contributed by atoms with Crippen molar-refractivity contribution in [3.05, 3.63) is 53.6 Å². The number of thioether (sulfide) groups is 1. The van der Waals surface area contributed by atoms with Gasteiger partial charge in [0.05, 0.1) is 11.4 Å². The van der Waals surface area contributed by atoms with E-state index in [0.29, 0.717) is 36.3 Å². The highest BCUT2D eigenvalue weighted by Gasteiger charge is 2.30. The molecule has 0 saturated carbocycles. The van der Waals surface area contributed by atoms with Crippen molar-refractivity contribution in [2.24, 2.45) is 0 Å². The maximum Gasteiger partial charge on any atom is 0.247 e. The molecule has 2 aliphatic rings. The number of anilines is 2. The molecule has 134 valence electrons. The fourth-order valence-electron chi connectivity index (χ4n) is 3.38. The Hall–Kier alpha value is -2.41. The van der Waals surface area contributed by atoms with Gasteiger partial charge in [0.2, 0.25) is 11.8 Å². The van der Waals surface area contributed by atoms with E-state index in [1.54, 1.807) is 0 Å². The Balaban J connectivity index is 1.62. The van der Waals surface area contributed by atoms with Gasteiger partial charge < -0.3 is 9.80 Å². The number of nitrogens with zero attached hydrogens (tertiary/aromatic N) is 2. The number of hydrogen-bond acceptors (Lipinski definition) is 3. The maximum absolute atomic E-state index is 13.7. The van der Waals surface area contributed by atoms with E-state index in [1.165, 1.54) is 21.6 Å². The van der Waals surface area contributed by atoms with Crippen molar-refractivity contribution in [2.45, 2.75) is 17.7 Å². The number of para-hydroxylation sites is 1. The van der Waals surface area contributed by atoms with Gasteiger partial charge in [0.15, 0.2) is 11.6 Å². The number of benzene rings is 2. The lowest BCUT2D eigenvalue weighted by Gasteiger charge is -2.33. The van der Waals surface area contributed by atoms with Crippen LogP contribution in [0.1, 0.15) is 12.0 Å². The topological polar surface area (TPSA) is 40.6 Å². The number of aryl methyl sites for hydroxylation is 1. The van der Waals surface area contributed by atoms with E-state index in [9.17, 15) is 18.4 Å². The Bertz CT molecular complexity index is 903. The van der Waals surface area contributed by atoms with Gasteiger partial charge in [0, 0.05) is 23.2 Å². The highest BCUT2D eigenvalue weighted by atomic mass is 32.2. The average Bonchev–Trinajstić information content (AvgIpc) is 2.64. The number of rotatable bonds is 2. The second kappa shape index (κ2) is 6.72. The third-order valence-corrected chi connectivity index (χ3v) is 5.69. The van der Waals surface area contributed by atoms with Crippen LogP contribution in [0, 0.1) is 11.6 Å². The lowest BCUT2D eigenvalue weighted by molar-refractivity contribution is -0.121. The number of carbonyl (C=O) groups excluding carboxylic acids is 2. The Morgan fingerprint density at radius 1 is 1.12 bits per heavy atom. The summed E-state index contributed by atoms with van der Waals surface area (Å²) in [5.74, 6) is -2.04. The van der Waals surface area contributed by atoms with Gasteiger partial charge in [0.1, 0.15) is 6.54 Å². The molecule has 0 N–H and O–H groups in total. The van der Waals surface area contributed by atoms with Gasteiger partial charge in [-0.3, -0.25) is 9.59 Å². The first-order chi connectivity index (χ1) is 12.5. The molecule has 0 aliphatic carbocycles. The summed E-state index contributed by atoms with van der Waals surface area (Å²) >= 11 is 1.45. The van der Waals surface area contributed by atoms with E-state index in [2.05, 4.69) is 0 Å². The molecule has 2 aliphatic heterocycles. The van der Waals surface area contributed by atoms with Gasteiger partial charge >= 0.3 is 0 Å². The number of carbonyl (C=O) groups is 2. The normalized spacial score (nSPS) is 16.3. The van der Waals surface area contributed by atoms with Gasteiger partial charge in [-0.2, -0.15) is 0 Å². The Morgan fingerprint density at radius 2 is 1.88 bits per heavy atom. The SMILES string of the molecule is O=C(CN1C(=O)CSc2ccccc21)N1CCCc2cc(F)c(F)cc21. The Labute approximate surface area is 153 Å². The summed E-state index contributed by atoms with van der Waals surface area (Å²) in [7, 11) is 0. The monoisotopic (exact) mass is 374 g/mol. The molecule has 4 nitrogen and oxygen atoms in total. The Morgan fingerprint density at radius 3 is 2.73 bits per heavy atom. The highest BCUT2D eigenvalue weighted by Crippen LogP contribution is 2.35. The average molecular weight is 374 g/mol. The van der Waals surface area contributed by atoms with Crippen molar-refractivity contribution in [2.75, 3.05) is 28.6 Å². The van der Waals surface area contributed by atoms with Gasteiger partial charge in [-0.05, 0) is 36.6 Å². The molecule has 0 aromatic heterocycles. The van der Waals surface area contributed by atoms with Crippen molar-refractivity contribution in [1.29, 1.82) is 0 Å². The molecule has 2 amide bonds. The van der Waals surface area contributed by atoms with Gasteiger partial charge in [0.25, 0.3) is 0 Å². The molecule has 0 fully saturated rings. The van der Waals surface area contributed by atoms with Crippen molar-refractivity contribution < 1.29 is 18.4 Å². The molecular formula is C19H16F2N2O2S. The minimum Gasteiger partial charge on any atom is -0.310 e. The van der Waals surface area contributed by atoms with E-state index in [4.69, 9.17) is 0 Å². The number of halogens is 2. The minimum atomic E-state index is -0.973. The smallest absolute Gasteiger partial charge is 0.247 e. The van der Waals surface area contributed by atoms with E-state index in [1.807, 2.05) is 24.3 Å². The summed E-state index contributed by atoms with van der Waals surface area (Å²) in [4.78, 5) is 29.1. The summed E-state index contributed by atoms with van der Waals surface area (Å²) in [5, 5.41) is 0. The Kier molecular flexibility index (Phi) is 4.40. The molecule has 0 spiro atoms. The van der Waals surface area contributed by atoms with Crippen LogP contribution in [-0.4, -0.2) is 30.7 Å². The quantitative estimate of drug-likeness (QED) is 0.809. The molecule has 2 heterocycles. The van der Waals surface area contributed by atoms with Crippen molar-refractivity contribution in [1.82, 2.24) is 0 Å².